The van der Waals surface area contributed by atoms with Crippen LogP contribution in [-0.4, -0.2) is 35.2 Å². The summed E-state index contributed by atoms with van der Waals surface area (Å²) >= 11 is 0. The third-order valence-electron chi connectivity index (χ3n) is 2.79. The number of hydrogen-bond acceptors (Lipinski definition) is 5. The van der Waals surface area contributed by atoms with Crippen LogP contribution in [-0.2, 0) is 6.54 Å². The van der Waals surface area contributed by atoms with Gasteiger partial charge in [0.2, 0.25) is 11.8 Å². The summed E-state index contributed by atoms with van der Waals surface area (Å²) < 4.78 is 5.05. The average Bonchev–Trinajstić information content (AvgIpc) is 2.47. The summed E-state index contributed by atoms with van der Waals surface area (Å²) in [5.74, 6) is 0.121. The summed E-state index contributed by atoms with van der Waals surface area (Å²) in [5.41, 5.74) is 1.25. The second kappa shape index (κ2) is 6.01. The van der Waals surface area contributed by atoms with Crippen LogP contribution < -0.4 is 9.64 Å². The number of carbonyl (C=O) groups is 1. The highest BCUT2D eigenvalue weighted by molar-refractivity contribution is 5.87. The van der Waals surface area contributed by atoms with Gasteiger partial charge in [-0.2, -0.15) is 4.98 Å². The zero-order valence-electron chi connectivity index (χ0n) is 11.3. The minimum absolute atomic E-state index is 0.272. The molecule has 0 bridgehead atoms. The highest BCUT2D eigenvalue weighted by Gasteiger charge is 2.07. The molecule has 6 heteroatoms. The minimum atomic E-state index is -0.930. The first-order valence-corrected chi connectivity index (χ1v) is 6.00. The van der Waals surface area contributed by atoms with Crippen molar-refractivity contribution in [2.75, 3.05) is 19.1 Å². The Morgan fingerprint density at radius 3 is 2.60 bits per heavy atom. The molecule has 1 aromatic heterocycles. The summed E-state index contributed by atoms with van der Waals surface area (Å²) in [5, 5.41) is 8.85. The maximum atomic E-state index is 10.8. The van der Waals surface area contributed by atoms with Gasteiger partial charge in [-0.25, -0.2) is 9.78 Å². The van der Waals surface area contributed by atoms with Crippen molar-refractivity contribution >= 4 is 11.9 Å². The van der Waals surface area contributed by atoms with Gasteiger partial charge < -0.3 is 14.7 Å². The molecular weight excluding hydrogens is 258 g/mol. The monoisotopic (exact) mass is 273 g/mol. The van der Waals surface area contributed by atoms with Gasteiger partial charge >= 0.3 is 5.97 Å². The highest BCUT2D eigenvalue weighted by Crippen LogP contribution is 2.14. The van der Waals surface area contributed by atoms with Crippen LogP contribution in [0.4, 0.5) is 5.95 Å². The Morgan fingerprint density at radius 2 is 2.00 bits per heavy atom. The molecule has 0 fully saturated rings. The highest BCUT2D eigenvalue weighted by atomic mass is 16.5. The summed E-state index contributed by atoms with van der Waals surface area (Å²) in [6.45, 7) is 0.576. The molecule has 6 nitrogen and oxygen atoms in total. The van der Waals surface area contributed by atoms with Crippen molar-refractivity contribution in [3.8, 4) is 5.88 Å². The first-order valence-electron chi connectivity index (χ1n) is 6.00. The first kappa shape index (κ1) is 13.8. The molecule has 104 valence electrons. The fraction of sp³-hybridized carbons (Fsp3) is 0.214. The lowest BCUT2D eigenvalue weighted by Gasteiger charge is -2.17. The van der Waals surface area contributed by atoms with Crippen LogP contribution in [0.5, 0.6) is 5.88 Å². The maximum Gasteiger partial charge on any atom is 0.335 e. The molecule has 0 saturated heterocycles. The number of carboxylic acids is 1. The predicted molar refractivity (Wildman–Crippen MR) is 74.1 cm³/mol. The van der Waals surface area contributed by atoms with Crippen LogP contribution in [0.15, 0.2) is 36.5 Å². The summed E-state index contributed by atoms with van der Waals surface area (Å²) in [4.78, 5) is 21.0. The largest absolute Gasteiger partial charge is 0.481 e. The van der Waals surface area contributed by atoms with E-state index in [0.717, 1.165) is 5.56 Å². The van der Waals surface area contributed by atoms with Crippen LogP contribution in [0.2, 0.25) is 0 Å². The van der Waals surface area contributed by atoms with Gasteiger partial charge in [0.1, 0.15) is 0 Å². The van der Waals surface area contributed by atoms with Crippen LogP contribution in [0, 0.1) is 0 Å². The van der Waals surface area contributed by atoms with Crippen molar-refractivity contribution in [2.45, 2.75) is 6.54 Å². The molecule has 0 radical (unpaired) electrons. The third kappa shape index (κ3) is 3.23. The molecule has 0 aliphatic heterocycles. The summed E-state index contributed by atoms with van der Waals surface area (Å²) in [6.07, 6.45) is 1.63. The van der Waals surface area contributed by atoms with Gasteiger partial charge in [0.05, 0.1) is 12.7 Å². The van der Waals surface area contributed by atoms with E-state index in [4.69, 9.17) is 9.84 Å². The number of aromatic carboxylic acids is 1. The topological polar surface area (TPSA) is 75.5 Å². The zero-order valence-corrected chi connectivity index (χ0v) is 11.3. The van der Waals surface area contributed by atoms with Gasteiger partial charge in [0.15, 0.2) is 0 Å². The molecule has 1 aromatic carbocycles. The number of aromatic nitrogens is 2. The molecule has 1 N–H and O–H groups in total. The Morgan fingerprint density at radius 1 is 1.30 bits per heavy atom. The van der Waals surface area contributed by atoms with E-state index < -0.39 is 5.97 Å². The van der Waals surface area contributed by atoms with E-state index in [-0.39, 0.29) is 5.56 Å². The number of ether oxygens (including phenoxy) is 1. The van der Waals surface area contributed by atoms with Crippen LogP contribution >= 0.6 is 0 Å². The lowest BCUT2D eigenvalue weighted by molar-refractivity contribution is 0.0697. The molecule has 0 unspecified atom stereocenters. The smallest absolute Gasteiger partial charge is 0.335 e. The van der Waals surface area contributed by atoms with Crippen LogP contribution in [0.1, 0.15) is 15.9 Å². The molecular formula is C14H15N3O3. The van der Waals surface area contributed by atoms with E-state index in [1.54, 1.807) is 43.6 Å². The maximum absolute atomic E-state index is 10.8. The van der Waals surface area contributed by atoms with Crippen molar-refractivity contribution < 1.29 is 14.6 Å². The molecule has 20 heavy (non-hydrogen) atoms. The number of nitrogens with zero attached hydrogens (tertiary/aromatic N) is 3. The SMILES string of the molecule is COc1ccnc(N(C)Cc2ccc(C(=O)O)cc2)n1. The Bertz CT molecular complexity index is 599. The number of hydrogen-bond donors (Lipinski definition) is 1. The van der Waals surface area contributed by atoms with E-state index >= 15 is 0 Å². The van der Waals surface area contributed by atoms with Gasteiger partial charge in [-0.3, -0.25) is 0 Å². The van der Waals surface area contributed by atoms with E-state index in [1.807, 2.05) is 11.9 Å². The van der Waals surface area contributed by atoms with E-state index in [2.05, 4.69) is 9.97 Å². The van der Waals surface area contributed by atoms with Gasteiger partial charge in [-0.15, -0.1) is 0 Å². The van der Waals surface area contributed by atoms with Gasteiger partial charge in [0, 0.05) is 25.9 Å². The fourth-order valence-corrected chi connectivity index (χ4v) is 1.73. The van der Waals surface area contributed by atoms with E-state index in [1.165, 1.54) is 0 Å². The number of carboxylic acid groups (broad SMARTS) is 1. The average molecular weight is 273 g/mol. The van der Waals surface area contributed by atoms with Gasteiger partial charge in [-0.1, -0.05) is 12.1 Å². The van der Waals surface area contributed by atoms with Crippen molar-refractivity contribution in [3.05, 3.63) is 47.7 Å². The molecule has 0 aliphatic rings. The lowest BCUT2D eigenvalue weighted by Crippen LogP contribution is -2.19. The van der Waals surface area contributed by atoms with Crippen molar-refractivity contribution in [1.29, 1.82) is 0 Å². The van der Waals surface area contributed by atoms with Crippen LogP contribution in [0.25, 0.3) is 0 Å². The molecule has 0 saturated carbocycles. The minimum Gasteiger partial charge on any atom is -0.481 e. The summed E-state index contributed by atoms with van der Waals surface area (Å²) in [7, 11) is 3.41. The number of benzene rings is 1. The van der Waals surface area contributed by atoms with Crippen molar-refractivity contribution in [3.63, 3.8) is 0 Å². The van der Waals surface area contributed by atoms with Crippen molar-refractivity contribution in [2.24, 2.45) is 0 Å². The van der Waals surface area contributed by atoms with Gasteiger partial charge in [-0.05, 0) is 17.7 Å². The summed E-state index contributed by atoms with van der Waals surface area (Å²) in [6, 6.07) is 8.40. The number of methoxy groups -OCH3 is 1. The molecule has 0 atom stereocenters. The molecule has 1 heterocycles. The second-order valence-corrected chi connectivity index (χ2v) is 4.26. The Balaban J connectivity index is 2.10. The standard InChI is InChI=1S/C14H15N3O3/c1-17(14-15-8-7-12(16-14)20-2)9-10-3-5-11(6-4-10)13(18)19/h3-8H,9H2,1-2H3,(H,18,19). The Labute approximate surface area is 116 Å². The number of anilines is 1. The van der Waals surface area contributed by atoms with Crippen LogP contribution in [0.3, 0.4) is 0 Å². The van der Waals surface area contributed by atoms with Gasteiger partial charge in [0.25, 0.3) is 0 Å². The van der Waals surface area contributed by atoms with Crippen molar-refractivity contribution in [1.82, 2.24) is 9.97 Å². The predicted octanol–water partition coefficient (Wildman–Crippen LogP) is 1.82. The Kier molecular flexibility index (Phi) is 4.14. The Hall–Kier alpha value is -2.63. The molecule has 2 aromatic rings. The fourth-order valence-electron chi connectivity index (χ4n) is 1.73. The molecule has 0 aliphatic carbocycles. The number of rotatable bonds is 5. The first-order chi connectivity index (χ1) is 9.60. The molecule has 0 amide bonds. The second-order valence-electron chi connectivity index (χ2n) is 4.26. The molecule has 0 spiro atoms. The quantitative estimate of drug-likeness (QED) is 0.895. The van der Waals surface area contributed by atoms with E-state index in [9.17, 15) is 4.79 Å². The third-order valence-corrected chi connectivity index (χ3v) is 2.79. The van der Waals surface area contributed by atoms with E-state index in [0.29, 0.717) is 18.4 Å². The molecule has 2 rings (SSSR count). The lowest BCUT2D eigenvalue weighted by atomic mass is 10.1. The normalized spacial score (nSPS) is 10.1. The zero-order chi connectivity index (χ0) is 14.5.